The van der Waals surface area contributed by atoms with Crippen molar-refractivity contribution in [1.82, 2.24) is 0 Å². The van der Waals surface area contributed by atoms with Crippen LogP contribution in [0.1, 0.15) is 174 Å². The Labute approximate surface area is 354 Å². The Morgan fingerprint density at radius 3 is 1.98 bits per heavy atom. The molecule has 1 aliphatic heterocycles. The molecule has 58 heavy (non-hydrogen) atoms. The zero-order valence-electron chi connectivity index (χ0n) is 37.5. The highest BCUT2D eigenvalue weighted by Crippen LogP contribution is 2.45. The van der Waals surface area contributed by atoms with E-state index in [-0.39, 0.29) is 50.3 Å². The molecule has 7 atom stereocenters. The van der Waals surface area contributed by atoms with Crippen molar-refractivity contribution in [2.75, 3.05) is 54.1 Å². The second-order valence-electron chi connectivity index (χ2n) is 17.9. The van der Waals surface area contributed by atoms with Crippen molar-refractivity contribution in [3.8, 4) is 0 Å². The van der Waals surface area contributed by atoms with E-state index in [1.54, 1.807) is 0 Å². The van der Waals surface area contributed by atoms with Crippen LogP contribution in [-0.2, 0) is 37.7 Å². The summed E-state index contributed by atoms with van der Waals surface area (Å²) in [7, 11) is 1.27. The zero-order chi connectivity index (χ0) is 42.3. The van der Waals surface area contributed by atoms with Crippen LogP contribution in [0.15, 0.2) is 24.3 Å². The number of phosphoric ester groups is 1. The van der Waals surface area contributed by atoms with Crippen LogP contribution in [0.3, 0.4) is 0 Å². The van der Waals surface area contributed by atoms with Gasteiger partial charge in [0.05, 0.1) is 46.6 Å². The smallest absolute Gasteiger partial charge is 0.306 e. The molecule has 2 bridgehead atoms. The van der Waals surface area contributed by atoms with Crippen molar-refractivity contribution in [3.63, 3.8) is 0 Å². The lowest BCUT2D eigenvalue weighted by Gasteiger charge is -2.28. The van der Waals surface area contributed by atoms with E-state index in [0.29, 0.717) is 30.5 Å². The number of unbranched alkanes of at least 4 members (excludes halogenated alkanes) is 18. The molecular weight excluding hydrogens is 757 g/mol. The predicted octanol–water partition coefficient (Wildman–Crippen LogP) is 10.3. The number of carbonyl (C=O) groups excluding carboxylic acids is 1. The van der Waals surface area contributed by atoms with Crippen molar-refractivity contribution < 1.29 is 52.1 Å². The van der Waals surface area contributed by atoms with Crippen LogP contribution in [0.2, 0.25) is 0 Å². The summed E-state index contributed by atoms with van der Waals surface area (Å²) in [5.41, 5.74) is 0. The van der Waals surface area contributed by atoms with Crippen LogP contribution in [-0.4, -0.2) is 94.1 Å². The summed E-state index contributed by atoms with van der Waals surface area (Å²) in [4.78, 5) is 36.3. The summed E-state index contributed by atoms with van der Waals surface area (Å²) < 4.78 is 34.7. The largest absolute Gasteiger partial charge is 0.756 e. The van der Waals surface area contributed by atoms with Gasteiger partial charge in [0.15, 0.2) is 0 Å². The highest BCUT2D eigenvalue weighted by Gasteiger charge is 2.49. The number of esters is 1. The Hall–Kier alpha value is -1.14. The molecule has 2 rings (SSSR count). The first-order valence-corrected chi connectivity index (χ1v) is 24.9. The van der Waals surface area contributed by atoms with Gasteiger partial charge >= 0.3 is 5.97 Å². The van der Waals surface area contributed by atoms with E-state index < -0.39 is 26.0 Å². The van der Waals surface area contributed by atoms with Crippen molar-refractivity contribution in [3.05, 3.63) is 24.3 Å². The van der Waals surface area contributed by atoms with Gasteiger partial charge in [-0.3, -0.25) is 9.36 Å². The number of nitrogens with zero attached hydrogens (tertiary/aromatic N) is 1. The molecule has 340 valence electrons. The minimum absolute atomic E-state index is 0.000395. The maximum Gasteiger partial charge on any atom is 0.306 e. The Balaban J connectivity index is 1.67. The molecule has 0 aromatic rings. The fourth-order valence-electron chi connectivity index (χ4n) is 7.67. The Morgan fingerprint density at radius 1 is 0.776 bits per heavy atom. The number of rotatable bonds is 39. The Bertz CT molecular complexity index is 1130. The van der Waals surface area contributed by atoms with Gasteiger partial charge in [-0.15, -0.1) is 0 Å². The minimum Gasteiger partial charge on any atom is -0.756 e. The van der Waals surface area contributed by atoms with Gasteiger partial charge in [-0.25, -0.2) is 9.78 Å². The number of aliphatic hydroxyl groups is 1. The number of likely N-dealkylation sites (N-methyl/N-ethyl adjacent to an activating group) is 1. The second kappa shape index (κ2) is 32.6. The van der Waals surface area contributed by atoms with Crippen LogP contribution >= 0.6 is 7.82 Å². The van der Waals surface area contributed by atoms with E-state index in [1.165, 1.54) is 89.9 Å². The van der Waals surface area contributed by atoms with E-state index in [4.69, 9.17) is 28.3 Å². The normalized spacial score (nSPS) is 21.6. The summed E-state index contributed by atoms with van der Waals surface area (Å²) in [6, 6.07) is 0. The second-order valence-corrected chi connectivity index (χ2v) is 19.3. The summed E-state index contributed by atoms with van der Waals surface area (Å²) in [6.07, 6.45) is 35.1. The molecule has 0 aromatic heterocycles. The number of quaternary nitrogens is 1. The SMILES string of the molecule is CCCCCCCCCCCCCCCCCCOCC(COP(=O)([O-])OCC[N+](C)(C)C)OC(=O)CCC/C=C\CC1C2CC(OO2)C1/C=C/C(O)CCCCC. The fraction of sp³-hybridized carbons (Fsp3) is 0.891. The summed E-state index contributed by atoms with van der Waals surface area (Å²) in [6.45, 7) is 5.15. The van der Waals surface area contributed by atoms with Crippen LogP contribution < -0.4 is 4.89 Å². The highest BCUT2D eigenvalue weighted by atomic mass is 31.2. The lowest BCUT2D eigenvalue weighted by atomic mass is 9.89. The van der Waals surface area contributed by atoms with E-state index >= 15 is 0 Å². The van der Waals surface area contributed by atoms with Gasteiger partial charge in [0.2, 0.25) is 0 Å². The number of ether oxygens (including phenoxy) is 2. The molecule has 7 unspecified atom stereocenters. The molecule has 1 saturated heterocycles. The molecule has 2 fully saturated rings. The summed E-state index contributed by atoms with van der Waals surface area (Å²) >= 11 is 0. The number of carbonyl (C=O) groups is 1. The molecule has 1 N–H and O–H groups in total. The quantitative estimate of drug-likeness (QED) is 0.0159. The van der Waals surface area contributed by atoms with Gasteiger partial charge in [-0.2, -0.15) is 0 Å². The molecule has 2 aliphatic rings. The van der Waals surface area contributed by atoms with Gasteiger partial charge in [0, 0.05) is 31.3 Å². The number of fused-ring (bicyclic) bond motifs is 2. The van der Waals surface area contributed by atoms with Crippen LogP contribution in [0, 0.1) is 11.8 Å². The third-order valence-corrected chi connectivity index (χ3v) is 12.3. The van der Waals surface area contributed by atoms with E-state index in [1.807, 2.05) is 27.2 Å². The lowest BCUT2D eigenvalue weighted by Crippen LogP contribution is -2.37. The van der Waals surface area contributed by atoms with Crippen molar-refractivity contribution in [1.29, 1.82) is 0 Å². The monoisotopic (exact) mass is 844 g/mol. The third-order valence-electron chi connectivity index (χ3n) is 11.3. The lowest BCUT2D eigenvalue weighted by molar-refractivity contribution is -0.870. The molecule has 0 amide bonds. The fourth-order valence-corrected chi connectivity index (χ4v) is 8.40. The first kappa shape index (κ1) is 53.0. The average molecular weight is 844 g/mol. The number of hydrogen-bond acceptors (Lipinski definition) is 10. The molecule has 12 heteroatoms. The van der Waals surface area contributed by atoms with Crippen molar-refractivity contribution >= 4 is 13.8 Å². The molecule has 0 radical (unpaired) electrons. The van der Waals surface area contributed by atoms with E-state index in [9.17, 15) is 19.4 Å². The molecule has 0 aromatic carbocycles. The number of hydrogen-bond donors (Lipinski definition) is 1. The van der Waals surface area contributed by atoms with Crippen molar-refractivity contribution in [2.24, 2.45) is 11.8 Å². The topological polar surface area (TPSA) is 133 Å². The number of aliphatic hydroxyl groups excluding tert-OH is 1. The Kier molecular flexibility index (Phi) is 29.7. The van der Waals surface area contributed by atoms with Crippen LogP contribution in [0.5, 0.6) is 0 Å². The molecule has 1 saturated carbocycles. The van der Waals surface area contributed by atoms with Gasteiger partial charge in [-0.05, 0) is 32.1 Å². The van der Waals surface area contributed by atoms with E-state index in [2.05, 4.69) is 32.1 Å². The zero-order valence-corrected chi connectivity index (χ0v) is 38.4. The summed E-state index contributed by atoms with van der Waals surface area (Å²) in [5.74, 6) is 0.0747. The third kappa shape index (κ3) is 26.9. The van der Waals surface area contributed by atoms with Gasteiger partial charge in [0.1, 0.15) is 25.4 Å². The first-order chi connectivity index (χ1) is 27.9. The predicted molar refractivity (Wildman–Crippen MR) is 231 cm³/mol. The van der Waals surface area contributed by atoms with Gasteiger partial charge < -0.3 is 33.0 Å². The number of allylic oxidation sites excluding steroid dienone is 2. The first-order valence-electron chi connectivity index (χ1n) is 23.5. The van der Waals surface area contributed by atoms with Crippen LogP contribution in [0.25, 0.3) is 0 Å². The maximum absolute atomic E-state index is 12.8. The van der Waals surface area contributed by atoms with Gasteiger partial charge in [0.25, 0.3) is 7.82 Å². The standard InChI is InChI=1S/C46H86NO10P/c1-6-8-10-11-12-13-14-15-16-17-18-19-20-21-24-28-35-52-38-41(39-54-58(50,51)53-36-34-47(3,4)5)55-46(49)31-27-23-22-26-30-42-43(45-37-44(42)56-57-45)33-32-40(48)29-25-9-7-2/h22,26,32-33,40-45,48H,6-21,23-25,27-31,34-39H2,1-5H3/b26-22-,33-32+. The Morgan fingerprint density at radius 2 is 1.36 bits per heavy atom. The molecular formula is C46H86NO10P. The molecule has 0 spiro atoms. The molecule has 1 heterocycles. The van der Waals surface area contributed by atoms with Crippen LogP contribution in [0.4, 0.5) is 0 Å². The van der Waals surface area contributed by atoms with E-state index in [0.717, 1.165) is 51.4 Å². The van der Waals surface area contributed by atoms with Crippen molar-refractivity contribution in [2.45, 2.75) is 199 Å². The number of phosphoric acid groups is 1. The van der Waals surface area contributed by atoms with Gasteiger partial charge in [-0.1, -0.05) is 154 Å². The molecule has 11 nitrogen and oxygen atoms in total. The summed E-state index contributed by atoms with van der Waals surface area (Å²) in [5, 5.41) is 10.4. The average Bonchev–Trinajstić information content (AvgIpc) is 3.78. The highest BCUT2D eigenvalue weighted by molar-refractivity contribution is 7.45. The minimum atomic E-state index is -4.57. The molecule has 1 aliphatic carbocycles. The maximum atomic E-state index is 12.8.